The molecule has 0 atom stereocenters. The zero-order valence-electron chi connectivity index (χ0n) is 12.7. The van der Waals surface area contributed by atoms with Crippen LogP contribution in [0.15, 0.2) is 18.3 Å². The molecule has 0 amide bonds. The molecule has 0 bridgehead atoms. The first-order valence-electron chi connectivity index (χ1n) is 6.93. The second-order valence-corrected chi connectivity index (χ2v) is 5.33. The molecule has 1 heterocycles. The summed E-state index contributed by atoms with van der Waals surface area (Å²) in [6.07, 6.45) is 4.72. The number of aromatic nitrogens is 1. The fourth-order valence-electron chi connectivity index (χ4n) is 2.09. The van der Waals surface area contributed by atoms with Gasteiger partial charge in [0.2, 0.25) is 0 Å². The maximum Gasteiger partial charge on any atom is 0.328 e. The van der Waals surface area contributed by atoms with E-state index in [9.17, 15) is 4.79 Å². The summed E-state index contributed by atoms with van der Waals surface area (Å²) >= 11 is 0. The van der Waals surface area contributed by atoms with Crippen LogP contribution in [0.2, 0.25) is 0 Å². The van der Waals surface area contributed by atoms with Crippen LogP contribution in [-0.2, 0) is 4.79 Å². The summed E-state index contributed by atoms with van der Waals surface area (Å²) in [6, 6.07) is 4.06. The van der Waals surface area contributed by atoms with E-state index in [2.05, 4.69) is 29.8 Å². The van der Waals surface area contributed by atoms with E-state index < -0.39 is 5.97 Å². The smallest absolute Gasteiger partial charge is 0.328 e. The molecule has 5 heteroatoms. The monoisotopic (exact) mass is 287 g/mol. The van der Waals surface area contributed by atoms with Gasteiger partial charge in [-0.15, -0.1) is 0 Å². The molecule has 21 heavy (non-hydrogen) atoms. The molecule has 1 aromatic heterocycles. The summed E-state index contributed by atoms with van der Waals surface area (Å²) in [4.78, 5) is 17.1. The van der Waals surface area contributed by atoms with Crippen molar-refractivity contribution in [2.24, 2.45) is 5.92 Å². The van der Waals surface area contributed by atoms with Gasteiger partial charge in [-0.1, -0.05) is 13.8 Å². The van der Waals surface area contributed by atoms with Crippen LogP contribution in [0.4, 0.5) is 5.82 Å². The third-order valence-corrected chi connectivity index (χ3v) is 2.87. The van der Waals surface area contributed by atoms with Crippen molar-refractivity contribution in [1.29, 1.82) is 5.26 Å². The normalized spacial score (nSPS) is 10.8. The van der Waals surface area contributed by atoms with Crippen LogP contribution < -0.4 is 4.90 Å². The molecule has 0 spiro atoms. The van der Waals surface area contributed by atoms with Gasteiger partial charge in [-0.3, -0.25) is 0 Å². The molecule has 1 aromatic rings. The number of carbonyl (C=O) groups is 1. The molecule has 1 N–H and O–H groups in total. The second-order valence-electron chi connectivity index (χ2n) is 5.33. The predicted octanol–water partition coefficient (Wildman–Crippen LogP) is 2.86. The van der Waals surface area contributed by atoms with E-state index in [0.717, 1.165) is 29.6 Å². The number of hydrogen-bond acceptors (Lipinski definition) is 4. The van der Waals surface area contributed by atoms with Gasteiger partial charge in [-0.05, 0) is 36.1 Å². The lowest BCUT2D eigenvalue weighted by Gasteiger charge is -2.26. The molecule has 0 radical (unpaired) electrons. The lowest BCUT2D eigenvalue weighted by molar-refractivity contribution is -0.131. The lowest BCUT2D eigenvalue weighted by atomic mass is 10.1. The van der Waals surface area contributed by atoms with Gasteiger partial charge in [0.1, 0.15) is 5.82 Å². The lowest BCUT2D eigenvalue weighted by Crippen LogP contribution is -2.30. The maximum absolute atomic E-state index is 10.5. The third kappa shape index (κ3) is 5.65. The molecule has 0 unspecified atom stereocenters. The number of aryl methyl sites for hydroxylation is 1. The Morgan fingerprint density at radius 1 is 1.57 bits per heavy atom. The molecule has 0 aromatic carbocycles. The van der Waals surface area contributed by atoms with Crippen LogP contribution in [0.1, 0.15) is 31.4 Å². The van der Waals surface area contributed by atoms with Crippen molar-refractivity contribution in [3.05, 3.63) is 29.5 Å². The highest BCUT2D eigenvalue weighted by Gasteiger charge is 2.12. The van der Waals surface area contributed by atoms with Gasteiger partial charge in [0.05, 0.1) is 12.5 Å². The Balaban J connectivity index is 2.98. The highest BCUT2D eigenvalue weighted by molar-refractivity contribution is 5.85. The summed E-state index contributed by atoms with van der Waals surface area (Å²) < 4.78 is 0. The number of aliphatic carboxylic acids is 1. The van der Waals surface area contributed by atoms with E-state index in [4.69, 9.17) is 10.4 Å². The molecule has 0 fully saturated rings. The average Bonchev–Trinajstić information content (AvgIpc) is 2.41. The molecule has 5 nitrogen and oxygen atoms in total. The van der Waals surface area contributed by atoms with Crippen molar-refractivity contribution in [2.75, 3.05) is 18.0 Å². The largest absolute Gasteiger partial charge is 0.478 e. The van der Waals surface area contributed by atoms with Crippen molar-refractivity contribution in [3.8, 4) is 6.07 Å². The van der Waals surface area contributed by atoms with Gasteiger partial charge in [-0.2, -0.15) is 5.26 Å². The number of nitriles is 1. The Kier molecular flexibility index (Phi) is 6.41. The fourth-order valence-corrected chi connectivity index (χ4v) is 2.09. The first-order valence-corrected chi connectivity index (χ1v) is 6.93. The van der Waals surface area contributed by atoms with Gasteiger partial charge in [0.15, 0.2) is 0 Å². The molecular weight excluding hydrogens is 266 g/mol. The van der Waals surface area contributed by atoms with E-state index in [1.165, 1.54) is 6.08 Å². The first kappa shape index (κ1) is 16.7. The minimum atomic E-state index is -0.979. The quantitative estimate of drug-likeness (QED) is 0.780. The van der Waals surface area contributed by atoms with Gasteiger partial charge < -0.3 is 10.0 Å². The van der Waals surface area contributed by atoms with Crippen LogP contribution in [0.3, 0.4) is 0 Å². The molecule has 112 valence electrons. The third-order valence-electron chi connectivity index (χ3n) is 2.87. The Morgan fingerprint density at radius 2 is 2.29 bits per heavy atom. The molecule has 0 saturated carbocycles. The van der Waals surface area contributed by atoms with E-state index in [1.807, 2.05) is 13.0 Å². The predicted molar refractivity (Wildman–Crippen MR) is 82.9 cm³/mol. The summed E-state index contributed by atoms with van der Waals surface area (Å²) in [5.74, 6) is 0.343. The summed E-state index contributed by atoms with van der Waals surface area (Å²) in [6.45, 7) is 7.67. The number of rotatable bonds is 7. The highest BCUT2D eigenvalue weighted by Crippen LogP contribution is 2.20. The van der Waals surface area contributed by atoms with Crippen molar-refractivity contribution in [1.82, 2.24) is 4.98 Å². The Morgan fingerprint density at radius 3 is 2.81 bits per heavy atom. The summed E-state index contributed by atoms with van der Waals surface area (Å²) in [7, 11) is 0. The SMILES string of the molecule is Cc1cc(/C=C/C(=O)O)cnc1N(CCC#N)CC(C)C. The first-order chi connectivity index (χ1) is 9.93. The molecule has 1 rings (SSSR count). The number of anilines is 1. The average molecular weight is 287 g/mol. The van der Waals surface area contributed by atoms with Gasteiger partial charge >= 0.3 is 5.97 Å². The number of nitrogens with zero attached hydrogens (tertiary/aromatic N) is 3. The highest BCUT2D eigenvalue weighted by atomic mass is 16.4. The van der Waals surface area contributed by atoms with Crippen LogP contribution in [0.5, 0.6) is 0 Å². The minimum Gasteiger partial charge on any atom is -0.478 e. The number of carboxylic acids is 1. The van der Waals surface area contributed by atoms with Crippen molar-refractivity contribution >= 4 is 17.9 Å². The van der Waals surface area contributed by atoms with E-state index >= 15 is 0 Å². The number of pyridine rings is 1. The standard InChI is InChI=1S/C16H21N3O2/c1-12(2)11-19(8-4-7-17)16-13(3)9-14(10-18-16)5-6-15(20)21/h5-6,9-10,12H,4,8,11H2,1-3H3,(H,20,21)/b6-5+. The van der Waals surface area contributed by atoms with E-state index in [-0.39, 0.29) is 0 Å². The molecule has 0 aliphatic carbocycles. The number of hydrogen-bond donors (Lipinski definition) is 1. The second kappa shape index (κ2) is 8.05. The topological polar surface area (TPSA) is 77.2 Å². The zero-order chi connectivity index (χ0) is 15.8. The van der Waals surface area contributed by atoms with Crippen LogP contribution in [-0.4, -0.2) is 29.1 Å². The molecule has 0 aliphatic rings. The van der Waals surface area contributed by atoms with Crippen molar-refractivity contribution in [2.45, 2.75) is 27.2 Å². The minimum absolute atomic E-state index is 0.453. The van der Waals surface area contributed by atoms with Crippen LogP contribution in [0.25, 0.3) is 6.08 Å². The molecular formula is C16H21N3O2. The van der Waals surface area contributed by atoms with E-state index in [1.54, 1.807) is 6.20 Å². The fraction of sp³-hybridized carbons (Fsp3) is 0.438. The summed E-state index contributed by atoms with van der Waals surface area (Å²) in [5, 5.41) is 17.4. The number of carboxylic acid groups (broad SMARTS) is 1. The van der Waals surface area contributed by atoms with Gasteiger partial charge in [0, 0.05) is 25.4 Å². The van der Waals surface area contributed by atoms with Gasteiger partial charge in [-0.25, -0.2) is 9.78 Å². The molecule has 0 saturated heterocycles. The Hall–Kier alpha value is -2.35. The van der Waals surface area contributed by atoms with Crippen LogP contribution in [0, 0.1) is 24.2 Å². The van der Waals surface area contributed by atoms with Crippen molar-refractivity contribution < 1.29 is 9.90 Å². The summed E-state index contributed by atoms with van der Waals surface area (Å²) in [5.41, 5.74) is 1.73. The van der Waals surface area contributed by atoms with Crippen molar-refractivity contribution in [3.63, 3.8) is 0 Å². The maximum atomic E-state index is 10.5. The molecule has 0 aliphatic heterocycles. The van der Waals surface area contributed by atoms with Crippen LogP contribution >= 0.6 is 0 Å². The van der Waals surface area contributed by atoms with E-state index in [0.29, 0.717) is 18.9 Å². The van der Waals surface area contributed by atoms with Gasteiger partial charge in [0.25, 0.3) is 0 Å². The Bertz CT molecular complexity index is 559. The zero-order valence-corrected chi connectivity index (χ0v) is 12.7. The Labute approximate surface area is 125 Å².